The summed E-state index contributed by atoms with van der Waals surface area (Å²) in [4.78, 5) is 27.0. The highest BCUT2D eigenvalue weighted by Crippen LogP contribution is 2.39. The van der Waals surface area contributed by atoms with Gasteiger partial charge in [0.15, 0.2) is 17.0 Å². The predicted molar refractivity (Wildman–Crippen MR) is 125 cm³/mol. The summed E-state index contributed by atoms with van der Waals surface area (Å²) in [6.07, 6.45) is 4.57. The summed E-state index contributed by atoms with van der Waals surface area (Å²) in [5, 5.41) is 3.41. The summed E-state index contributed by atoms with van der Waals surface area (Å²) in [5.74, 6) is 0.603. The van der Waals surface area contributed by atoms with Gasteiger partial charge >= 0.3 is 12.0 Å². The van der Waals surface area contributed by atoms with Gasteiger partial charge in [0, 0.05) is 6.61 Å². The van der Waals surface area contributed by atoms with Crippen LogP contribution in [0, 0.1) is 11.8 Å². The van der Waals surface area contributed by atoms with Crippen LogP contribution in [-0.4, -0.2) is 63.4 Å². The molecule has 0 aromatic carbocycles. The number of methoxy groups -OCH3 is 1. The Balaban J connectivity index is 1.68. The van der Waals surface area contributed by atoms with Gasteiger partial charge in [0.25, 0.3) is 5.91 Å². The van der Waals surface area contributed by atoms with Crippen molar-refractivity contribution in [3.63, 3.8) is 0 Å². The van der Waals surface area contributed by atoms with Crippen molar-refractivity contribution >= 4 is 22.9 Å². The van der Waals surface area contributed by atoms with Crippen molar-refractivity contribution < 1.29 is 19.0 Å². The summed E-state index contributed by atoms with van der Waals surface area (Å²) in [6, 6.07) is -0.0797. The first-order valence-electron chi connectivity index (χ1n) is 11.9. The van der Waals surface area contributed by atoms with Gasteiger partial charge in [-0.2, -0.15) is 15.0 Å². The van der Waals surface area contributed by atoms with Crippen LogP contribution in [0.4, 0.5) is 5.82 Å². The molecular weight excluding hydrogens is 424 g/mol. The Bertz CT molecular complexity index is 1010. The third-order valence-corrected chi connectivity index (χ3v) is 6.76. The largest absolute Gasteiger partial charge is 0.468 e. The lowest BCUT2D eigenvalue weighted by molar-refractivity contribution is -0.0827. The van der Waals surface area contributed by atoms with E-state index in [0.717, 1.165) is 38.6 Å². The maximum atomic E-state index is 13.9. The van der Waals surface area contributed by atoms with Crippen LogP contribution in [0.5, 0.6) is 12.0 Å². The first-order valence-corrected chi connectivity index (χ1v) is 11.9. The first kappa shape index (κ1) is 23.7. The highest BCUT2D eigenvalue weighted by atomic mass is 16.5. The van der Waals surface area contributed by atoms with Crippen LogP contribution >= 0.6 is 0 Å². The van der Waals surface area contributed by atoms with Crippen molar-refractivity contribution in [2.24, 2.45) is 11.8 Å². The van der Waals surface area contributed by atoms with Crippen molar-refractivity contribution in [1.29, 1.82) is 0 Å². The van der Waals surface area contributed by atoms with Gasteiger partial charge in [-0.15, -0.1) is 0 Å². The number of carbonyl (C=O) groups excluding carboxylic acids is 1. The molecule has 4 heterocycles. The van der Waals surface area contributed by atoms with E-state index in [4.69, 9.17) is 19.9 Å². The predicted octanol–water partition coefficient (Wildman–Crippen LogP) is 2.81. The van der Waals surface area contributed by atoms with Gasteiger partial charge in [0.05, 0.1) is 24.9 Å². The third kappa shape index (κ3) is 4.77. The van der Waals surface area contributed by atoms with E-state index in [2.05, 4.69) is 41.0 Å². The van der Waals surface area contributed by atoms with Gasteiger partial charge in [-0.3, -0.25) is 4.79 Å². The fourth-order valence-electron chi connectivity index (χ4n) is 5.26. The molecule has 0 aliphatic carbocycles. The van der Waals surface area contributed by atoms with Crippen molar-refractivity contribution in [3.05, 3.63) is 0 Å². The smallest absolute Gasteiger partial charge is 0.320 e. The highest BCUT2D eigenvalue weighted by Gasteiger charge is 2.43. The van der Waals surface area contributed by atoms with Crippen LogP contribution < -0.4 is 20.5 Å². The molecule has 4 rings (SSSR count). The van der Waals surface area contributed by atoms with Crippen LogP contribution in [0.2, 0.25) is 0 Å². The fourth-order valence-corrected chi connectivity index (χ4v) is 5.26. The zero-order valence-electron chi connectivity index (χ0n) is 20.3. The lowest BCUT2D eigenvalue weighted by Crippen LogP contribution is -2.45. The molecule has 10 heteroatoms. The molecular formula is C23H36N6O4. The lowest BCUT2D eigenvalue weighted by atomic mass is 9.76. The average Bonchev–Trinajstić information content (AvgIpc) is 3.38. The van der Waals surface area contributed by atoms with E-state index in [1.54, 1.807) is 0 Å². The van der Waals surface area contributed by atoms with Crippen LogP contribution in [-0.2, 0) is 4.74 Å². The molecule has 3 N–H and O–H groups in total. The Morgan fingerprint density at radius 1 is 1.33 bits per heavy atom. The number of anilines is 1. The number of nitrogens with two attached hydrogens (primary N) is 1. The standard InChI is InChI=1S/C23H36N6O4/c1-6-7-13(2)33-21-27-18(24)17-19(28-21)29(22(26-17)31-5)20(30)16-15(8-10-25-16)14-9-11-32-23(3,4)12-14/h13-16,25H,6-12H2,1-5H3,(H2,24,27,28)/t13-,14?,15?,16?/m0/s1. The summed E-state index contributed by atoms with van der Waals surface area (Å²) >= 11 is 0. The Kier molecular flexibility index (Phi) is 6.76. The minimum Gasteiger partial charge on any atom is -0.468 e. The van der Waals surface area contributed by atoms with Crippen molar-refractivity contribution in [2.45, 2.75) is 77.5 Å². The molecule has 0 spiro atoms. The Morgan fingerprint density at radius 3 is 2.82 bits per heavy atom. The number of nitrogens with zero attached hydrogens (tertiary/aromatic N) is 4. The summed E-state index contributed by atoms with van der Waals surface area (Å²) in [5.41, 5.74) is 6.63. The molecule has 0 bridgehead atoms. The van der Waals surface area contributed by atoms with E-state index in [0.29, 0.717) is 23.7 Å². The zero-order valence-corrected chi connectivity index (χ0v) is 20.3. The number of carbonyl (C=O) groups is 1. The van der Waals surface area contributed by atoms with E-state index in [-0.39, 0.29) is 47.4 Å². The van der Waals surface area contributed by atoms with Crippen molar-refractivity contribution in [1.82, 2.24) is 24.8 Å². The molecule has 2 aromatic rings. The van der Waals surface area contributed by atoms with Gasteiger partial charge in [0.1, 0.15) is 0 Å². The Hall–Kier alpha value is -2.46. The SMILES string of the molecule is CCC[C@H](C)Oc1nc(N)c2nc(OC)n(C(=O)C3NCCC3C3CCOC(C)(C)C3)c2n1. The van der Waals surface area contributed by atoms with Crippen LogP contribution in [0.3, 0.4) is 0 Å². The first-order chi connectivity index (χ1) is 15.7. The van der Waals surface area contributed by atoms with Gasteiger partial charge in [0.2, 0.25) is 0 Å². The van der Waals surface area contributed by atoms with E-state index in [1.807, 2.05) is 6.92 Å². The van der Waals surface area contributed by atoms with Gasteiger partial charge in [-0.05, 0) is 64.8 Å². The molecule has 0 radical (unpaired) electrons. The highest BCUT2D eigenvalue weighted by molar-refractivity contribution is 5.96. The number of hydrogen-bond acceptors (Lipinski definition) is 9. The quantitative estimate of drug-likeness (QED) is 0.641. The van der Waals surface area contributed by atoms with Crippen molar-refractivity contribution in [3.8, 4) is 12.0 Å². The molecule has 10 nitrogen and oxygen atoms in total. The number of aromatic nitrogens is 4. The summed E-state index contributed by atoms with van der Waals surface area (Å²) in [7, 11) is 1.48. The van der Waals surface area contributed by atoms with E-state index >= 15 is 0 Å². The van der Waals surface area contributed by atoms with Gasteiger partial charge in [-0.1, -0.05) is 13.3 Å². The second-order valence-electron chi connectivity index (χ2n) is 9.80. The maximum Gasteiger partial charge on any atom is 0.320 e. The number of rotatable bonds is 7. The van der Waals surface area contributed by atoms with Gasteiger partial charge < -0.3 is 25.3 Å². The molecule has 0 saturated carbocycles. The number of imidazole rings is 1. The Morgan fingerprint density at radius 2 is 2.12 bits per heavy atom. The zero-order chi connectivity index (χ0) is 23.8. The lowest BCUT2D eigenvalue weighted by Gasteiger charge is -2.39. The minimum atomic E-state index is -0.366. The maximum absolute atomic E-state index is 13.9. The monoisotopic (exact) mass is 460 g/mol. The molecule has 182 valence electrons. The molecule has 4 atom stereocenters. The van der Waals surface area contributed by atoms with E-state index < -0.39 is 0 Å². The minimum absolute atomic E-state index is 0.0708. The summed E-state index contributed by atoms with van der Waals surface area (Å²) in [6.45, 7) is 9.78. The Labute approximate surface area is 194 Å². The molecule has 2 saturated heterocycles. The number of nitrogens with one attached hydrogen (secondary N) is 1. The second-order valence-corrected chi connectivity index (χ2v) is 9.80. The van der Waals surface area contributed by atoms with Crippen LogP contribution in [0.15, 0.2) is 0 Å². The van der Waals surface area contributed by atoms with Crippen molar-refractivity contribution in [2.75, 3.05) is 26.0 Å². The van der Waals surface area contributed by atoms with Gasteiger partial charge in [-0.25, -0.2) is 4.57 Å². The van der Waals surface area contributed by atoms with Crippen LogP contribution in [0.25, 0.3) is 11.2 Å². The van der Waals surface area contributed by atoms with E-state index in [9.17, 15) is 4.79 Å². The fraction of sp³-hybridized carbons (Fsp3) is 0.739. The molecule has 2 aromatic heterocycles. The molecule has 2 aliphatic rings. The third-order valence-electron chi connectivity index (χ3n) is 6.76. The topological polar surface area (TPSA) is 126 Å². The van der Waals surface area contributed by atoms with Crippen LogP contribution in [0.1, 0.15) is 64.6 Å². The normalized spacial score (nSPS) is 25.8. The molecule has 0 amide bonds. The number of fused-ring (bicyclic) bond motifs is 1. The number of hydrogen-bond donors (Lipinski definition) is 2. The molecule has 2 fully saturated rings. The molecule has 2 aliphatic heterocycles. The number of ether oxygens (including phenoxy) is 3. The van der Waals surface area contributed by atoms with E-state index in [1.165, 1.54) is 11.7 Å². The number of nitrogen functional groups attached to an aromatic ring is 1. The average molecular weight is 461 g/mol. The second kappa shape index (κ2) is 9.42. The molecule has 33 heavy (non-hydrogen) atoms. The summed E-state index contributed by atoms with van der Waals surface area (Å²) < 4.78 is 18.6. The molecule has 3 unspecified atom stereocenters.